The Balaban J connectivity index is 1.85. The van der Waals surface area contributed by atoms with E-state index in [0.29, 0.717) is 11.8 Å². The fourth-order valence-electron chi connectivity index (χ4n) is 2.93. The van der Waals surface area contributed by atoms with Crippen LogP contribution in [0.5, 0.6) is 0 Å². The fourth-order valence-corrected chi connectivity index (χ4v) is 2.93. The average Bonchev–Trinajstić information content (AvgIpc) is 2.94. The Morgan fingerprint density at radius 2 is 1.95 bits per heavy atom. The van der Waals surface area contributed by atoms with Crippen molar-refractivity contribution in [3.8, 4) is 0 Å². The van der Waals surface area contributed by atoms with Crippen LogP contribution in [0.2, 0.25) is 0 Å². The van der Waals surface area contributed by atoms with Crippen molar-refractivity contribution >= 4 is 0 Å². The van der Waals surface area contributed by atoms with Crippen molar-refractivity contribution in [1.29, 1.82) is 0 Å². The number of hydrogen-bond acceptors (Lipinski definition) is 4. The molecule has 1 unspecified atom stereocenters. The van der Waals surface area contributed by atoms with Crippen LogP contribution in [-0.2, 0) is 0 Å². The lowest BCUT2D eigenvalue weighted by molar-refractivity contribution is 0.271. The van der Waals surface area contributed by atoms with E-state index in [1.54, 1.807) is 0 Å². The minimum atomic E-state index is -0.109. The third kappa shape index (κ3) is 3.78. The molecule has 1 aromatic rings. The van der Waals surface area contributed by atoms with Crippen LogP contribution in [0.3, 0.4) is 0 Å². The molecular weight excluding hydrogens is 238 g/mol. The van der Waals surface area contributed by atoms with Crippen molar-refractivity contribution in [3.63, 3.8) is 0 Å². The number of nitrogens with zero attached hydrogens (tertiary/aromatic N) is 2. The summed E-state index contributed by atoms with van der Waals surface area (Å²) in [6, 6.07) is -0.109. The molecule has 1 atom stereocenters. The molecule has 108 valence electrons. The van der Waals surface area contributed by atoms with Crippen LogP contribution in [0.1, 0.15) is 89.0 Å². The summed E-state index contributed by atoms with van der Waals surface area (Å²) < 4.78 is 5.74. The lowest BCUT2D eigenvalue weighted by Gasteiger charge is -2.26. The SMILES string of the molecule is CCCCC1CCC(c2nnc(C(N)CC)o2)CC1. The van der Waals surface area contributed by atoms with Gasteiger partial charge in [-0.2, -0.15) is 0 Å². The van der Waals surface area contributed by atoms with E-state index < -0.39 is 0 Å². The van der Waals surface area contributed by atoms with Crippen molar-refractivity contribution in [2.24, 2.45) is 11.7 Å². The van der Waals surface area contributed by atoms with Crippen molar-refractivity contribution in [3.05, 3.63) is 11.8 Å². The highest BCUT2D eigenvalue weighted by molar-refractivity contribution is 4.96. The van der Waals surface area contributed by atoms with Gasteiger partial charge in [0.25, 0.3) is 0 Å². The van der Waals surface area contributed by atoms with Gasteiger partial charge in [0.15, 0.2) is 0 Å². The summed E-state index contributed by atoms with van der Waals surface area (Å²) in [6.45, 7) is 4.30. The van der Waals surface area contributed by atoms with Gasteiger partial charge in [0.05, 0.1) is 6.04 Å². The second-order valence-corrected chi connectivity index (χ2v) is 5.85. The lowest BCUT2D eigenvalue weighted by atomic mass is 9.80. The summed E-state index contributed by atoms with van der Waals surface area (Å²) >= 11 is 0. The van der Waals surface area contributed by atoms with Gasteiger partial charge in [-0.3, -0.25) is 0 Å². The Hall–Kier alpha value is -0.900. The molecule has 0 aromatic carbocycles. The smallest absolute Gasteiger partial charge is 0.233 e. The van der Waals surface area contributed by atoms with Crippen molar-refractivity contribution in [2.75, 3.05) is 0 Å². The number of unbranched alkanes of at least 4 members (excludes halogenated alkanes) is 1. The van der Waals surface area contributed by atoms with Gasteiger partial charge < -0.3 is 10.2 Å². The van der Waals surface area contributed by atoms with Gasteiger partial charge in [-0.05, 0) is 38.0 Å². The van der Waals surface area contributed by atoms with E-state index in [0.717, 1.165) is 18.2 Å². The Bertz CT molecular complexity index is 369. The Labute approximate surface area is 116 Å². The Kier molecular flexibility index (Phi) is 5.37. The molecule has 4 heteroatoms. The van der Waals surface area contributed by atoms with Gasteiger partial charge in [0.1, 0.15) is 0 Å². The van der Waals surface area contributed by atoms with Crippen LogP contribution < -0.4 is 5.73 Å². The van der Waals surface area contributed by atoms with Gasteiger partial charge in [0.2, 0.25) is 11.8 Å². The maximum Gasteiger partial charge on any atom is 0.233 e. The summed E-state index contributed by atoms with van der Waals surface area (Å²) in [5.74, 6) is 2.79. The zero-order valence-electron chi connectivity index (χ0n) is 12.3. The van der Waals surface area contributed by atoms with Crippen molar-refractivity contribution < 1.29 is 4.42 Å². The molecule has 2 rings (SSSR count). The highest BCUT2D eigenvalue weighted by Crippen LogP contribution is 2.37. The van der Waals surface area contributed by atoms with Gasteiger partial charge in [0, 0.05) is 5.92 Å². The van der Waals surface area contributed by atoms with E-state index >= 15 is 0 Å². The van der Waals surface area contributed by atoms with Crippen molar-refractivity contribution in [2.45, 2.75) is 77.2 Å². The van der Waals surface area contributed by atoms with E-state index in [1.165, 1.54) is 44.9 Å². The monoisotopic (exact) mass is 265 g/mol. The first-order valence-corrected chi connectivity index (χ1v) is 7.83. The molecule has 0 radical (unpaired) electrons. The molecular formula is C15H27N3O. The molecule has 1 aromatic heterocycles. The minimum absolute atomic E-state index is 0.109. The largest absolute Gasteiger partial charge is 0.423 e. The molecule has 19 heavy (non-hydrogen) atoms. The maximum absolute atomic E-state index is 5.92. The fraction of sp³-hybridized carbons (Fsp3) is 0.867. The van der Waals surface area contributed by atoms with Crippen LogP contribution in [0.25, 0.3) is 0 Å². The zero-order chi connectivity index (χ0) is 13.7. The van der Waals surface area contributed by atoms with Crippen LogP contribution in [0, 0.1) is 5.92 Å². The summed E-state index contributed by atoms with van der Waals surface area (Å²) in [6.07, 6.45) is 9.90. The molecule has 1 aliphatic carbocycles. The number of hydrogen-bond donors (Lipinski definition) is 1. The number of aromatic nitrogens is 2. The van der Waals surface area contributed by atoms with Gasteiger partial charge in [-0.15, -0.1) is 10.2 Å². The average molecular weight is 265 g/mol. The second-order valence-electron chi connectivity index (χ2n) is 5.85. The van der Waals surface area contributed by atoms with Crippen LogP contribution in [-0.4, -0.2) is 10.2 Å². The molecule has 0 aliphatic heterocycles. The topological polar surface area (TPSA) is 64.9 Å². The van der Waals surface area contributed by atoms with E-state index in [2.05, 4.69) is 17.1 Å². The molecule has 1 fully saturated rings. The molecule has 0 bridgehead atoms. The summed E-state index contributed by atoms with van der Waals surface area (Å²) in [5, 5.41) is 8.29. The van der Waals surface area contributed by atoms with Gasteiger partial charge in [-0.25, -0.2) is 0 Å². The Morgan fingerprint density at radius 3 is 2.58 bits per heavy atom. The van der Waals surface area contributed by atoms with Crippen LogP contribution in [0.4, 0.5) is 0 Å². The number of nitrogens with two attached hydrogens (primary N) is 1. The molecule has 0 amide bonds. The maximum atomic E-state index is 5.92. The summed E-state index contributed by atoms with van der Waals surface area (Å²) in [7, 11) is 0. The molecule has 4 nitrogen and oxygen atoms in total. The zero-order valence-corrected chi connectivity index (χ0v) is 12.3. The lowest BCUT2D eigenvalue weighted by Crippen LogP contribution is -2.13. The molecule has 2 N–H and O–H groups in total. The predicted molar refractivity (Wildman–Crippen MR) is 75.7 cm³/mol. The standard InChI is InChI=1S/C15H27N3O/c1-3-5-6-11-7-9-12(10-8-11)14-17-18-15(19-14)13(16)4-2/h11-13H,3-10,16H2,1-2H3. The number of rotatable bonds is 6. The van der Waals surface area contributed by atoms with Gasteiger partial charge in [-0.1, -0.05) is 33.1 Å². The van der Waals surface area contributed by atoms with E-state index in [4.69, 9.17) is 10.2 Å². The summed E-state index contributed by atoms with van der Waals surface area (Å²) in [5.41, 5.74) is 5.92. The highest BCUT2D eigenvalue weighted by atomic mass is 16.4. The second kappa shape index (κ2) is 7.04. The third-order valence-electron chi connectivity index (χ3n) is 4.38. The Morgan fingerprint density at radius 1 is 1.21 bits per heavy atom. The predicted octanol–water partition coefficient (Wildman–Crippen LogP) is 3.94. The first-order chi connectivity index (χ1) is 9.24. The quantitative estimate of drug-likeness (QED) is 0.846. The third-order valence-corrected chi connectivity index (χ3v) is 4.38. The molecule has 1 aliphatic rings. The minimum Gasteiger partial charge on any atom is -0.423 e. The molecule has 0 spiro atoms. The first-order valence-electron chi connectivity index (χ1n) is 7.83. The van der Waals surface area contributed by atoms with Gasteiger partial charge >= 0.3 is 0 Å². The molecule has 0 saturated heterocycles. The van der Waals surface area contributed by atoms with Crippen LogP contribution in [0.15, 0.2) is 4.42 Å². The first kappa shape index (κ1) is 14.5. The highest BCUT2D eigenvalue weighted by Gasteiger charge is 2.26. The van der Waals surface area contributed by atoms with E-state index in [1.807, 2.05) is 6.92 Å². The van der Waals surface area contributed by atoms with E-state index in [-0.39, 0.29) is 6.04 Å². The normalized spacial score (nSPS) is 25.4. The summed E-state index contributed by atoms with van der Waals surface area (Å²) in [4.78, 5) is 0. The molecule has 1 saturated carbocycles. The molecule has 1 heterocycles. The van der Waals surface area contributed by atoms with Crippen LogP contribution >= 0.6 is 0 Å². The van der Waals surface area contributed by atoms with E-state index in [9.17, 15) is 0 Å². The van der Waals surface area contributed by atoms with Crippen molar-refractivity contribution in [1.82, 2.24) is 10.2 Å².